The quantitative estimate of drug-likeness (QED) is 0.689. The largest absolute Gasteiger partial charge is 0.358 e. The van der Waals surface area contributed by atoms with Gasteiger partial charge in [-0.15, -0.1) is 0 Å². The highest BCUT2D eigenvalue weighted by atomic mass is 35.5. The van der Waals surface area contributed by atoms with Gasteiger partial charge in [0.25, 0.3) is 0 Å². The summed E-state index contributed by atoms with van der Waals surface area (Å²) in [7, 11) is 0. The molecule has 1 saturated heterocycles. The summed E-state index contributed by atoms with van der Waals surface area (Å²) >= 11 is 6.14. The van der Waals surface area contributed by atoms with E-state index in [9.17, 15) is 4.79 Å². The Bertz CT molecular complexity index is 889. The number of amides is 1. The van der Waals surface area contributed by atoms with E-state index in [4.69, 9.17) is 11.6 Å². The number of hydrogen-bond donors (Lipinski definition) is 1. The number of nitrogens with one attached hydrogen (secondary N) is 1. The molecule has 1 aromatic carbocycles. The summed E-state index contributed by atoms with van der Waals surface area (Å²) in [5.41, 5.74) is 2.48. The molecular weight excluding hydrogens is 368 g/mol. The average molecular weight is 397 g/mol. The molecule has 2 heterocycles. The van der Waals surface area contributed by atoms with Crippen LogP contribution in [0.2, 0.25) is 5.02 Å². The van der Waals surface area contributed by atoms with Crippen LogP contribution in [0.3, 0.4) is 0 Å². The van der Waals surface area contributed by atoms with Gasteiger partial charge in [-0.3, -0.25) is 4.79 Å². The van der Waals surface area contributed by atoms with Gasteiger partial charge in [0.15, 0.2) is 0 Å². The highest BCUT2D eigenvalue weighted by Crippen LogP contribution is 2.60. The number of rotatable bonds is 2. The van der Waals surface area contributed by atoms with Crippen molar-refractivity contribution < 1.29 is 4.79 Å². The molecule has 4 aliphatic carbocycles. The third-order valence-corrected chi connectivity index (χ3v) is 8.55. The second-order valence-corrected chi connectivity index (χ2v) is 10.7. The molecule has 0 spiro atoms. The summed E-state index contributed by atoms with van der Waals surface area (Å²) in [6, 6.07) is 8.29. The maximum atomic E-state index is 13.6. The van der Waals surface area contributed by atoms with Crippen LogP contribution in [0.15, 0.2) is 24.3 Å². The van der Waals surface area contributed by atoms with Crippen LogP contribution >= 0.6 is 11.6 Å². The van der Waals surface area contributed by atoms with Gasteiger partial charge < -0.3 is 9.88 Å². The molecule has 1 aromatic heterocycles. The number of hydrogen-bond acceptors (Lipinski definition) is 1. The molecule has 2 aromatic rings. The summed E-state index contributed by atoms with van der Waals surface area (Å²) in [5.74, 6) is 3.54. The molecule has 1 aliphatic heterocycles. The average Bonchev–Trinajstić information content (AvgIpc) is 3.09. The lowest BCUT2D eigenvalue weighted by atomic mass is 9.49. The third-order valence-electron chi connectivity index (χ3n) is 8.32. The Kier molecular flexibility index (Phi) is 3.88. The van der Waals surface area contributed by atoms with Crippen molar-refractivity contribution in [1.29, 1.82) is 0 Å². The Balaban J connectivity index is 1.16. The lowest BCUT2D eigenvalue weighted by molar-refractivity contribution is -0.158. The van der Waals surface area contributed by atoms with E-state index in [0.717, 1.165) is 54.2 Å². The number of piperidine rings is 1. The van der Waals surface area contributed by atoms with Gasteiger partial charge in [-0.05, 0) is 93.4 Å². The summed E-state index contributed by atoms with van der Waals surface area (Å²) < 4.78 is 0. The van der Waals surface area contributed by atoms with E-state index in [1.807, 2.05) is 12.1 Å². The molecule has 0 unspecified atom stereocenters. The van der Waals surface area contributed by atoms with Gasteiger partial charge in [0.1, 0.15) is 0 Å². The van der Waals surface area contributed by atoms with E-state index in [1.54, 1.807) is 0 Å². The summed E-state index contributed by atoms with van der Waals surface area (Å²) in [6.45, 7) is 1.84. The Morgan fingerprint density at radius 2 is 1.64 bits per heavy atom. The number of benzene rings is 1. The van der Waals surface area contributed by atoms with Crippen LogP contribution in [0, 0.1) is 23.2 Å². The van der Waals surface area contributed by atoms with Crippen molar-refractivity contribution in [2.24, 2.45) is 23.2 Å². The molecule has 4 saturated carbocycles. The summed E-state index contributed by atoms with van der Waals surface area (Å²) in [6.07, 6.45) is 9.88. The van der Waals surface area contributed by atoms with Crippen LogP contribution in [0.5, 0.6) is 0 Å². The molecule has 3 nitrogen and oxygen atoms in total. The molecule has 0 radical (unpaired) electrons. The molecule has 0 atom stereocenters. The minimum absolute atomic E-state index is 0.0133. The Morgan fingerprint density at radius 3 is 2.29 bits per heavy atom. The lowest BCUT2D eigenvalue weighted by Gasteiger charge is -2.57. The summed E-state index contributed by atoms with van der Waals surface area (Å²) in [4.78, 5) is 19.4. The van der Waals surface area contributed by atoms with Crippen LogP contribution in [0.4, 0.5) is 0 Å². The van der Waals surface area contributed by atoms with Gasteiger partial charge in [-0.1, -0.05) is 11.6 Å². The standard InChI is InChI=1S/C24H29ClN2O/c25-20-1-2-21-19(10-20)11-22(26-21)18-3-5-27(6-4-18)23(28)24-12-15-7-16(13-24)9-17(8-15)14-24/h1-2,10-11,15-18,26H,3-9,12-14H2. The second-order valence-electron chi connectivity index (χ2n) is 10.2. The number of aromatic nitrogens is 1. The highest BCUT2D eigenvalue weighted by molar-refractivity contribution is 6.31. The second kappa shape index (κ2) is 6.26. The molecule has 5 fully saturated rings. The number of carbonyl (C=O) groups excluding carboxylic acids is 1. The van der Waals surface area contributed by atoms with Crippen LogP contribution in [0.1, 0.15) is 63.0 Å². The Hall–Kier alpha value is -1.48. The zero-order valence-corrected chi connectivity index (χ0v) is 17.2. The summed E-state index contributed by atoms with van der Waals surface area (Å²) in [5, 5.41) is 1.98. The van der Waals surface area contributed by atoms with Crippen molar-refractivity contribution in [2.45, 2.75) is 57.3 Å². The van der Waals surface area contributed by atoms with Gasteiger partial charge in [0, 0.05) is 40.6 Å². The first-order chi connectivity index (χ1) is 13.6. The molecule has 4 bridgehead atoms. The minimum atomic E-state index is 0.0133. The lowest BCUT2D eigenvalue weighted by Crippen LogP contribution is -2.55. The van der Waals surface area contributed by atoms with Crippen LogP contribution in [0.25, 0.3) is 10.9 Å². The fourth-order valence-corrected chi connectivity index (χ4v) is 7.63. The monoisotopic (exact) mass is 396 g/mol. The predicted octanol–water partition coefficient (Wildman–Crippen LogP) is 5.74. The SMILES string of the molecule is O=C(N1CCC(c2cc3cc(Cl)ccc3[nH]2)CC1)C12CC3CC(CC(C3)C1)C2. The van der Waals surface area contributed by atoms with Gasteiger partial charge in [-0.25, -0.2) is 0 Å². The van der Waals surface area contributed by atoms with Crippen molar-refractivity contribution >= 4 is 28.4 Å². The molecule has 4 heteroatoms. The number of H-pyrrole nitrogens is 1. The van der Waals surface area contributed by atoms with Crippen molar-refractivity contribution in [1.82, 2.24) is 9.88 Å². The van der Waals surface area contributed by atoms with E-state index in [0.29, 0.717) is 11.8 Å². The van der Waals surface area contributed by atoms with Crippen LogP contribution in [-0.4, -0.2) is 28.9 Å². The van der Waals surface area contributed by atoms with E-state index in [1.165, 1.54) is 49.6 Å². The predicted molar refractivity (Wildman–Crippen MR) is 112 cm³/mol. The molecule has 1 N–H and O–H groups in total. The Morgan fingerprint density at radius 1 is 1.00 bits per heavy atom. The molecule has 28 heavy (non-hydrogen) atoms. The number of aromatic amines is 1. The number of carbonyl (C=O) groups is 1. The normalized spacial score (nSPS) is 35.0. The van der Waals surface area contributed by atoms with Gasteiger partial charge in [0.2, 0.25) is 5.91 Å². The molecule has 5 aliphatic rings. The highest BCUT2D eigenvalue weighted by Gasteiger charge is 2.55. The maximum absolute atomic E-state index is 13.6. The number of likely N-dealkylation sites (tertiary alicyclic amines) is 1. The van der Waals surface area contributed by atoms with Crippen LogP contribution in [-0.2, 0) is 4.79 Å². The smallest absolute Gasteiger partial charge is 0.228 e. The van der Waals surface area contributed by atoms with Crippen molar-refractivity contribution in [3.8, 4) is 0 Å². The van der Waals surface area contributed by atoms with E-state index < -0.39 is 0 Å². The van der Waals surface area contributed by atoms with Crippen LogP contribution < -0.4 is 0 Å². The third kappa shape index (κ3) is 2.73. The maximum Gasteiger partial charge on any atom is 0.228 e. The van der Waals surface area contributed by atoms with Crippen molar-refractivity contribution in [2.75, 3.05) is 13.1 Å². The molecular formula is C24H29ClN2O. The number of halogens is 1. The number of fused-ring (bicyclic) bond motifs is 1. The van der Waals surface area contributed by atoms with Crippen molar-refractivity contribution in [3.63, 3.8) is 0 Å². The topological polar surface area (TPSA) is 36.1 Å². The fraction of sp³-hybridized carbons (Fsp3) is 0.625. The number of nitrogens with zero attached hydrogens (tertiary/aromatic N) is 1. The molecule has 1 amide bonds. The zero-order chi connectivity index (χ0) is 18.9. The minimum Gasteiger partial charge on any atom is -0.358 e. The van der Waals surface area contributed by atoms with E-state index in [2.05, 4.69) is 22.0 Å². The Labute approximate surface area is 171 Å². The molecule has 7 rings (SSSR count). The van der Waals surface area contributed by atoms with Gasteiger partial charge >= 0.3 is 0 Å². The fourth-order valence-electron chi connectivity index (χ4n) is 7.45. The first-order valence-corrected chi connectivity index (χ1v) is 11.5. The first kappa shape index (κ1) is 17.4. The zero-order valence-electron chi connectivity index (χ0n) is 16.4. The first-order valence-electron chi connectivity index (χ1n) is 11.2. The van der Waals surface area contributed by atoms with Crippen molar-refractivity contribution in [3.05, 3.63) is 35.0 Å². The van der Waals surface area contributed by atoms with E-state index >= 15 is 0 Å². The van der Waals surface area contributed by atoms with Gasteiger partial charge in [-0.2, -0.15) is 0 Å². The van der Waals surface area contributed by atoms with Gasteiger partial charge in [0.05, 0.1) is 5.41 Å². The molecule has 148 valence electrons. The van der Waals surface area contributed by atoms with E-state index in [-0.39, 0.29) is 5.41 Å².